The molecule has 1 heterocycles. The van der Waals surface area contributed by atoms with Crippen molar-refractivity contribution in [3.8, 4) is 22.5 Å². The van der Waals surface area contributed by atoms with Crippen LogP contribution in [0.2, 0.25) is 0 Å². The molecule has 2 aromatic rings. The molecule has 8 nitrogen and oxygen atoms in total. The summed E-state index contributed by atoms with van der Waals surface area (Å²) >= 11 is 0. The van der Waals surface area contributed by atoms with Crippen LogP contribution in [0.3, 0.4) is 0 Å². The molecular weight excluding hydrogens is 480 g/mol. The quantitative estimate of drug-likeness (QED) is 0.214. The van der Waals surface area contributed by atoms with Crippen molar-refractivity contribution in [3.63, 3.8) is 0 Å². The highest BCUT2D eigenvalue weighted by atomic mass is 32.2. The monoisotopic (exact) mass is 507 g/mol. The van der Waals surface area contributed by atoms with Gasteiger partial charge in [-0.2, -0.15) is 0 Å². The average Bonchev–Trinajstić information content (AvgIpc) is 2.81. The van der Waals surface area contributed by atoms with Gasteiger partial charge in [-0.3, -0.25) is 0 Å². The number of hydrogen-bond acceptors (Lipinski definition) is 7. The van der Waals surface area contributed by atoms with E-state index in [2.05, 4.69) is 0 Å². The maximum atomic E-state index is 11.4. The Kier molecular flexibility index (Phi) is 6.88. The summed E-state index contributed by atoms with van der Waals surface area (Å²) in [5.74, 6) is -0.974. The molecule has 0 aromatic heterocycles. The van der Waals surface area contributed by atoms with Gasteiger partial charge in [-0.25, -0.2) is 13.0 Å². The molecule has 4 rings (SSSR count). The number of aryl methyl sites for hydroxylation is 1. The number of carboxylic acid groups (broad SMARTS) is 1. The zero-order valence-corrected chi connectivity index (χ0v) is 21.4. The van der Waals surface area contributed by atoms with Gasteiger partial charge in [0.1, 0.15) is 25.4 Å². The van der Waals surface area contributed by atoms with Crippen LogP contribution in [-0.2, 0) is 10.1 Å². The molecule has 0 fully saturated rings. The molecule has 1 aliphatic heterocycles. The van der Waals surface area contributed by atoms with Crippen molar-refractivity contribution in [3.05, 3.63) is 71.1 Å². The first kappa shape index (κ1) is 25.4. The van der Waals surface area contributed by atoms with E-state index in [0.29, 0.717) is 17.9 Å². The SMILES string of the molecule is Cc1cc(C(=O)[O-])ccc1-c1c2ccc(=[N+](C)C)cc-2oc2cc(N(C)CCCS(=O)(=O)[O-])ccc12. The average molecular weight is 508 g/mol. The van der Waals surface area contributed by atoms with Crippen molar-refractivity contribution in [1.82, 2.24) is 4.58 Å². The molecule has 0 unspecified atom stereocenters. The lowest BCUT2D eigenvalue weighted by atomic mass is 9.90. The predicted octanol–water partition coefficient (Wildman–Crippen LogP) is 2.28. The summed E-state index contributed by atoms with van der Waals surface area (Å²) in [4.78, 5) is 13.2. The van der Waals surface area contributed by atoms with E-state index < -0.39 is 21.8 Å². The normalized spacial score (nSPS) is 11.7. The van der Waals surface area contributed by atoms with Gasteiger partial charge in [-0.15, -0.1) is 0 Å². The van der Waals surface area contributed by atoms with Crippen LogP contribution in [0.4, 0.5) is 5.69 Å². The second-order valence-electron chi connectivity index (χ2n) is 9.09. The van der Waals surface area contributed by atoms with Crippen LogP contribution in [0.1, 0.15) is 22.3 Å². The van der Waals surface area contributed by atoms with E-state index in [-0.39, 0.29) is 12.0 Å². The van der Waals surface area contributed by atoms with Gasteiger partial charge in [0, 0.05) is 53.7 Å². The van der Waals surface area contributed by atoms with Crippen molar-refractivity contribution in [1.29, 1.82) is 0 Å². The molecule has 0 saturated heterocycles. The first-order chi connectivity index (χ1) is 16.9. The number of benzene rings is 3. The molecular formula is C27H27N2O6S-. The Balaban J connectivity index is 1.91. The van der Waals surface area contributed by atoms with Crippen LogP contribution in [0, 0.1) is 6.92 Å². The number of carboxylic acids is 1. The zero-order chi connectivity index (χ0) is 26.2. The van der Waals surface area contributed by atoms with Gasteiger partial charge in [0.2, 0.25) is 5.36 Å². The van der Waals surface area contributed by atoms with E-state index in [1.54, 1.807) is 18.2 Å². The minimum atomic E-state index is -4.26. The van der Waals surface area contributed by atoms with Crippen LogP contribution >= 0.6 is 0 Å². The highest BCUT2D eigenvalue weighted by molar-refractivity contribution is 7.85. The number of aromatic carboxylic acids is 1. The van der Waals surface area contributed by atoms with Crippen molar-refractivity contribution in [2.24, 2.45) is 0 Å². The van der Waals surface area contributed by atoms with Crippen molar-refractivity contribution >= 4 is 32.7 Å². The van der Waals surface area contributed by atoms with Gasteiger partial charge >= 0.3 is 0 Å². The molecule has 0 saturated carbocycles. The molecule has 0 spiro atoms. The number of rotatable bonds is 7. The maximum absolute atomic E-state index is 11.4. The molecule has 188 valence electrons. The van der Waals surface area contributed by atoms with E-state index in [4.69, 9.17) is 4.42 Å². The molecule has 0 N–H and O–H groups in total. The lowest BCUT2D eigenvalue weighted by molar-refractivity contribution is -0.255. The van der Waals surface area contributed by atoms with Crippen LogP contribution in [0.5, 0.6) is 0 Å². The van der Waals surface area contributed by atoms with Gasteiger partial charge in [-0.1, -0.05) is 12.1 Å². The minimum Gasteiger partial charge on any atom is -0.748 e. The Morgan fingerprint density at radius 2 is 1.75 bits per heavy atom. The summed E-state index contributed by atoms with van der Waals surface area (Å²) in [6.45, 7) is 2.26. The number of hydrogen-bond donors (Lipinski definition) is 0. The molecule has 0 bridgehead atoms. The van der Waals surface area contributed by atoms with E-state index in [9.17, 15) is 22.9 Å². The fourth-order valence-electron chi connectivity index (χ4n) is 4.35. The Labute approximate surface area is 209 Å². The van der Waals surface area contributed by atoms with Gasteiger partial charge in [0.05, 0.1) is 22.2 Å². The number of anilines is 1. The Morgan fingerprint density at radius 3 is 2.39 bits per heavy atom. The van der Waals surface area contributed by atoms with Crippen molar-refractivity contribution in [2.75, 3.05) is 38.3 Å². The van der Waals surface area contributed by atoms with Crippen molar-refractivity contribution in [2.45, 2.75) is 13.3 Å². The molecule has 0 amide bonds. The largest absolute Gasteiger partial charge is 0.748 e. The molecule has 0 atom stereocenters. The van der Waals surface area contributed by atoms with Crippen LogP contribution in [0.15, 0.2) is 59.0 Å². The van der Waals surface area contributed by atoms with E-state index in [1.807, 2.05) is 73.9 Å². The summed E-state index contributed by atoms with van der Waals surface area (Å²) in [5.41, 5.74) is 5.03. The fraction of sp³-hybridized carbons (Fsp3) is 0.259. The highest BCUT2D eigenvalue weighted by Gasteiger charge is 2.20. The summed E-state index contributed by atoms with van der Waals surface area (Å²) in [6, 6.07) is 16.6. The Hall–Kier alpha value is -3.69. The summed E-state index contributed by atoms with van der Waals surface area (Å²) < 4.78 is 41.2. The van der Waals surface area contributed by atoms with Crippen LogP contribution in [-0.4, -0.2) is 52.4 Å². The predicted molar refractivity (Wildman–Crippen MR) is 137 cm³/mol. The Morgan fingerprint density at radius 1 is 1.03 bits per heavy atom. The standard InChI is InChI=1S/C27H28N2O6S/c1-17-14-18(27(30)31)6-9-21(17)26-22-10-7-19(28(2)3)15-24(22)35-25-16-20(8-11-23(25)26)29(4)12-5-13-36(32,33)34/h6-11,14-16H,5,12-13H2,1-4H3,(H-,30,31,32,33,34)/p-1. The highest BCUT2D eigenvalue weighted by Crippen LogP contribution is 2.42. The second kappa shape index (κ2) is 9.75. The number of fused-ring (bicyclic) bond motifs is 2. The third-order valence-electron chi connectivity index (χ3n) is 6.27. The third-order valence-corrected chi connectivity index (χ3v) is 7.05. The lowest BCUT2D eigenvalue weighted by Gasteiger charge is -2.22. The molecule has 2 aliphatic rings. The summed E-state index contributed by atoms with van der Waals surface area (Å²) in [7, 11) is 1.46. The lowest BCUT2D eigenvalue weighted by Crippen LogP contribution is -2.22. The maximum Gasteiger partial charge on any atom is 0.203 e. The number of nitrogens with zero attached hydrogens (tertiary/aromatic N) is 2. The molecule has 36 heavy (non-hydrogen) atoms. The molecule has 1 aliphatic carbocycles. The summed E-state index contributed by atoms with van der Waals surface area (Å²) in [6.07, 6.45) is 0.219. The molecule has 2 aromatic carbocycles. The van der Waals surface area contributed by atoms with Crippen LogP contribution < -0.4 is 19.9 Å². The smallest absolute Gasteiger partial charge is 0.203 e. The third kappa shape index (κ3) is 5.27. The summed E-state index contributed by atoms with van der Waals surface area (Å²) in [5, 5.41) is 13.2. The number of carbonyl (C=O) groups is 1. The van der Waals surface area contributed by atoms with Crippen molar-refractivity contribution < 1.29 is 27.3 Å². The Bertz CT molecular complexity index is 1620. The van der Waals surface area contributed by atoms with Gasteiger partial charge in [0.25, 0.3) is 0 Å². The van der Waals surface area contributed by atoms with E-state index in [0.717, 1.165) is 38.7 Å². The molecule has 0 radical (unpaired) electrons. The van der Waals surface area contributed by atoms with Crippen LogP contribution in [0.25, 0.3) is 33.4 Å². The van der Waals surface area contributed by atoms with Gasteiger partial charge < -0.3 is 23.8 Å². The topological polar surface area (TPSA) is 117 Å². The van der Waals surface area contributed by atoms with E-state index >= 15 is 0 Å². The molecule has 9 heteroatoms. The zero-order valence-electron chi connectivity index (χ0n) is 20.6. The fourth-order valence-corrected chi connectivity index (χ4v) is 4.83. The van der Waals surface area contributed by atoms with Gasteiger partial charge in [-0.05, 0) is 54.3 Å². The second-order valence-corrected chi connectivity index (χ2v) is 10.6. The van der Waals surface area contributed by atoms with E-state index in [1.165, 1.54) is 0 Å². The minimum absolute atomic E-state index is 0.115. The van der Waals surface area contributed by atoms with Gasteiger partial charge in [0.15, 0.2) is 0 Å². The first-order valence-electron chi connectivity index (χ1n) is 11.4. The first-order valence-corrected chi connectivity index (χ1v) is 13.0. The number of carbonyl (C=O) groups excluding carboxylic acids is 1.